The maximum absolute atomic E-state index is 5.95. The van der Waals surface area contributed by atoms with Crippen LogP contribution in [0.25, 0.3) is 0 Å². The highest BCUT2D eigenvalue weighted by Crippen LogP contribution is 2.32. The Morgan fingerprint density at radius 1 is 1.37 bits per heavy atom. The third kappa shape index (κ3) is 3.43. The number of pyridine rings is 1. The van der Waals surface area contributed by atoms with Crippen molar-refractivity contribution < 1.29 is 0 Å². The molecule has 0 saturated heterocycles. The molecular formula is C16H25N3. The molecule has 1 aromatic heterocycles. The number of hydrogen-bond acceptors (Lipinski definition) is 3. The molecule has 0 fully saturated rings. The molecule has 0 spiro atoms. The fourth-order valence-corrected chi connectivity index (χ4v) is 2.68. The molecule has 104 valence electrons. The van der Waals surface area contributed by atoms with E-state index in [1.54, 1.807) is 5.57 Å². The maximum Gasteiger partial charge on any atom is 0.0647 e. The number of aromatic nitrogens is 1. The molecule has 0 aromatic carbocycles. The number of nitrogens with zero attached hydrogens (tertiary/aromatic N) is 2. The van der Waals surface area contributed by atoms with Gasteiger partial charge in [0.05, 0.1) is 11.7 Å². The summed E-state index contributed by atoms with van der Waals surface area (Å²) in [6.45, 7) is 9.53. The molecular weight excluding hydrogens is 234 g/mol. The van der Waals surface area contributed by atoms with Crippen molar-refractivity contribution in [2.45, 2.75) is 33.2 Å². The Balaban J connectivity index is 2.10. The number of rotatable bonds is 3. The third-order valence-electron chi connectivity index (χ3n) is 3.90. The van der Waals surface area contributed by atoms with Gasteiger partial charge in [0, 0.05) is 25.8 Å². The fraction of sp³-hybridized carbons (Fsp3) is 0.562. The van der Waals surface area contributed by atoms with E-state index in [1.165, 1.54) is 0 Å². The summed E-state index contributed by atoms with van der Waals surface area (Å²) in [4.78, 5) is 6.88. The van der Waals surface area contributed by atoms with Crippen molar-refractivity contribution in [2.75, 3.05) is 19.6 Å². The first-order chi connectivity index (χ1) is 9.02. The highest BCUT2D eigenvalue weighted by molar-refractivity contribution is 5.17. The second-order valence-electron chi connectivity index (χ2n) is 6.23. The van der Waals surface area contributed by atoms with Crippen LogP contribution in [0.5, 0.6) is 0 Å². The van der Waals surface area contributed by atoms with Gasteiger partial charge in [-0.3, -0.25) is 9.88 Å². The lowest BCUT2D eigenvalue weighted by atomic mass is 9.82. The van der Waals surface area contributed by atoms with E-state index >= 15 is 0 Å². The predicted molar refractivity (Wildman–Crippen MR) is 79.8 cm³/mol. The average Bonchev–Trinajstić information content (AvgIpc) is 2.40. The molecule has 19 heavy (non-hydrogen) atoms. The minimum atomic E-state index is 0.235. The Hall–Kier alpha value is -1.19. The molecule has 3 heteroatoms. The Morgan fingerprint density at radius 2 is 2.16 bits per heavy atom. The second kappa shape index (κ2) is 5.85. The Labute approximate surface area is 116 Å². The summed E-state index contributed by atoms with van der Waals surface area (Å²) in [5, 5.41) is 0. The van der Waals surface area contributed by atoms with Crippen LogP contribution >= 0.6 is 0 Å². The van der Waals surface area contributed by atoms with E-state index in [9.17, 15) is 0 Å². The topological polar surface area (TPSA) is 42.1 Å². The van der Waals surface area contributed by atoms with E-state index in [0.717, 1.165) is 25.2 Å². The second-order valence-corrected chi connectivity index (χ2v) is 6.23. The van der Waals surface area contributed by atoms with Gasteiger partial charge in [0.2, 0.25) is 0 Å². The molecule has 2 N–H and O–H groups in total. The first kappa shape index (κ1) is 14.2. The van der Waals surface area contributed by atoms with Crippen LogP contribution < -0.4 is 5.73 Å². The molecule has 2 heterocycles. The summed E-state index contributed by atoms with van der Waals surface area (Å²) in [7, 11) is 0. The average molecular weight is 259 g/mol. The lowest BCUT2D eigenvalue weighted by Gasteiger charge is -2.36. The van der Waals surface area contributed by atoms with Gasteiger partial charge in [0.1, 0.15) is 0 Å². The van der Waals surface area contributed by atoms with Gasteiger partial charge in [-0.15, -0.1) is 0 Å². The molecule has 0 aliphatic carbocycles. The van der Waals surface area contributed by atoms with Crippen molar-refractivity contribution in [1.82, 2.24) is 9.88 Å². The minimum absolute atomic E-state index is 0.235. The minimum Gasteiger partial charge on any atom is -0.329 e. The van der Waals surface area contributed by atoms with Gasteiger partial charge in [-0.05, 0) is 24.0 Å². The van der Waals surface area contributed by atoms with Crippen molar-refractivity contribution in [3.05, 3.63) is 41.7 Å². The highest BCUT2D eigenvalue weighted by atomic mass is 15.2. The molecule has 1 unspecified atom stereocenters. The van der Waals surface area contributed by atoms with Gasteiger partial charge in [-0.25, -0.2) is 0 Å². The van der Waals surface area contributed by atoms with Crippen LogP contribution in [0.2, 0.25) is 0 Å². The summed E-state index contributed by atoms with van der Waals surface area (Å²) in [5.41, 5.74) is 8.88. The Morgan fingerprint density at radius 3 is 2.63 bits per heavy atom. The lowest BCUT2D eigenvalue weighted by molar-refractivity contribution is 0.206. The standard InChI is InChI=1S/C16H25N3/c1-16(2,3)13-7-10-19(11-8-13)15(12-17)14-6-4-5-9-18-14/h4-7,9,15H,8,10-12,17H2,1-3H3. The molecule has 0 saturated carbocycles. The van der Waals surface area contributed by atoms with E-state index in [-0.39, 0.29) is 11.5 Å². The van der Waals surface area contributed by atoms with Crippen LogP contribution in [-0.2, 0) is 0 Å². The molecule has 0 radical (unpaired) electrons. The summed E-state index contributed by atoms with van der Waals surface area (Å²) >= 11 is 0. The smallest absolute Gasteiger partial charge is 0.0647 e. The zero-order chi connectivity index (χ0) is 13.9. The van der Waals surface area contributed by atoms with E-state index < -0.39 is 0 Å². The van der Waals surface area contributed by atoms with E-state index in [2.05, 4.69) is 42.8 Å². The van der Waals surface area contributed by atoms with Crippen LogP contribution in [0, 0.1) is 5.41 Å². The molecule has 1 aromatic rings. The van der Waals surface area contributed by atoms with Gasteiger partial charge in [-0.2, -0.15) is 0 Å². The molecule has 0 bridgehead atoms. The van der Waals surface area contributed by atoms with Crippen LogP contribution in [0.1, 0.15) is 38.9 Å². The van der Waals surface area contributed by atoms with Gasteiger partial charge in [-0.1, -0.05) is 38.5 Å². The van der Waals surface area contributed by atoms with Gasteiger partial charge >= 0.3 is 0 Å². The van der Waals surface area contributed by atoms with Gasteiger partial charge in [0.15, 0.2) is 0 Å². The first-order valence-corrected chi connectivity index (χ1v) is 7.07. The Kier molecular flexibility index (Phi) is 4.38. The number of nitrogens with two attached hydrogens (primary N) is 1. The summed E-state index contributed by atoms with van der Waals surface area (Å²) < 4.78 is 0. The zero-order valence-electron chi connectivity index (χ0n) is 12.3. The first-order valence-electron chi connectivity index (χ1n) is 7.07. The molecule has 0 amide bonds. The van der Waals surface area contributed by atoms with E-state index in [4.69, 9.17) is 5.73 Å². The quantitative estimate of drug-likeness (QED) is 0.849. The van der Waals surface area contributed by atoms with Crippen molar-refractivity contribution in [2.24, 2.45) is 11.1 Å². The van der Waals surface area contributed by atoms with Gasteiger partial charge < -0.3 is 5.73 Å². The van der Waals surface area contributed by atoms with Crippen molar-refractivity contribution in [3.8, 4) is 0 Å². The highest BCUT2D eigenvalue weighted by Gasteiger charge is 2.25. The van der Waals surface area contributed by atoms with Crippen LogP contribution in [0.3, 0.4) is 0 Å². The summed E-state index contributed by atoms with van der Waals surface area (Å²) in [6.07, 6.45) is 5.35. The van der Waals surface area contributed by atoms with Crippen LogP contribution in [-0.4, -0.2) is 29.5 Å². The monoisotopic (exact) mass is 259 g/mol. The van der Waals surface area contributed by atoms with Crippen LogP contribution in [0.4, 0.5) is 0 Å². The molecule has 3 nitrogen and oxygen atoms in total. The summed E-state index contributed by atoms with van der Waals surface area (Å²) in [5.74, 6) is 0. The molecule has 2 rings (SSSR count). The normalized spacial score (nSPS) is 19.1. The molecule has 1 aliphatic rings. The molecule has 1 aliphatic heterocycles. The SMILES string of the molecule is CC(C)(C)C1=CCN(C(CN)c2ccccn2)CC1. The number of hydrogen-bond donors (Lipinski definition) is 1. The van der Waals surface area contributed by atoms with Gasteiger partial charge in [0.25, 0.3) is 0 Å². The largest absolute Gasteiger partial charge is 0.329 e. The molecule has 1 atom stereocenters. The maximum atomic E-state index is 5.95. The summed E-state index contributed by atoms with van der Waals surface area (Å²) in [6, 6.07) is 6.29. The van der Waals surface area contributed by atoms with E-state index in [0.29, 0.717) is 6.54 Å². The predicted octanol–water partition coefficient (Wildman–Crippen LogP) is 2.76. The van der Waals surface area contributed by atoms with Crippen molar-refractivity contribution in [3.63, 3.8) is 0 Å². The van der Waals surface area contributed by atoms with E-state index in [1.807, 2.05) is 18.3 Å². The third-order valence-corrected chi connectivity index (χ3v) is 3.90. The van der Waals surface area contributed by atoms with Crippen LogP contribution in [0.15, 0.2) is 36.0 Å². The zero-order valence-corrected chi connectivity index (χ0v) is 12.3. The Bertz CT molecular complexity index is 431. The lowest BCUT2D eigenvalue weighted by Crippen LogP contribution is -2.38. The van der Waals surface area contributed by atoms with Crippen molar-refractivity contribution >= 4 is 0 Å². The fourth-order valence-electron chi connectivity index (χ4n) is 2.68. The van der Waals surface area contributed by atoms with Crippen molar-refractivity contribution in [1.29, 1.82) is 0 Å².